The second-order valence-electron chi connectivity index (χ2n) is 5.56. The fourth-order valence-electron chi connectivity index (χ4n) is 2.72. The molecular weight excluding hydrogens is 354 g/mol. The zero-order chi connectivity index (χ0) is 18.9. The highest BCUT2D eigenvalue weighted by atomic mass is 32.2. The second-order valence-corrected chi connectivity index (χ2v) is 7.63. The van der Waals surface area contributed by atoms with Crippen LogP contribution in [0.3, 0.4) is 0 Å². The third-order valence-corrected chi connectivity index (χ3v) is 5.97. The maximum Gasteiger partial charge on any atom is 0.336 e. The highest BCUT2D eigenvalue weighted by Gasteiger charge is 2.28. The molecule has 0 aliphatic rings. The predicted molar refractivity (Wildman–Crippen MR) is 97.5 cm³/mol. The number of carboxylic acid groups (broad SMARTS) is 1. The van der Waals surface area contributed by atoms with Gasteiger partial charge in [-0.15, -0.1) is 6.58 Å². The molecule has 0 spiro atoms. The third-order valence-electron chi connectivity index (χ3n) is 3.96. The normalized spacial score (nSPS) is 12.6. The maximum absolute atomic E-state index is 13.0. The van der Waals surface area contributed by atoms with Crippen molar-refractivity contribution in [2.75, 3.05) is 5.73 Å². The summed E-state index contributed by atoms with van der Waals surface area (Å²) in [5, 5.41) is 9.12. The molecule has 0 saturated carbocycles. The number of nitrogen functional groups attached to an aromatic ring is 1. The Labute approximate surface area is 149 Å². The van der Waals surface area contributed by atoms with Gasteiger partial charge in [-0.1, -0.05) is 24.3 Å². The number of carboxylic acids is 1. The van der Waals surface area contributed by atoms with E-state index in [0.717, 1.165) is 0 Å². The van der Waals surface area contributed by atoms with Gasteiger partial charge in [-0.25, -0.2) is 23.2 Å². The Morgan fingerprint density at radius 3 is 2.62 bits per heavy atom. The van der Waals surface area contributed by atoms with E-state index in [-0.39, 0.29) is 22.0 Å². The van der Waals surface area contributed by atoms with Crippen molar-refractivity contribution in [3.8, 4) is 0 Å². The van der Waals surface area contributed by atoms with Crippen LogP contribution in [-0.4, -0.2) is 29.5 Å². The topological polar surface area (TPSA) is 123 Å². The molecule has 1 unspecified atom stereocenters. The number of hydrogen-bond acceptors (Lipinski definition) is 6. The van der Waals surface area contributed by atoms with Gasteiger partial charge in [-0.05, 0) is 29.0 Å². The fraction of sp³-hybridized carbons (Fsp3) is 0.0556. The Bertz CT molecular complexity index is 1130. The molecule has 0 aliphatic carbocycles. The molecule has 1 atom stereocenters. The molecule has 26 heavy (non-hydrogen) atoms. The number of sulfone groups is 1. The van der Waals surface area contributed by atoms with Gasteiger partial charge in [0.1, 0.15) is 17.4 Å². The SMILES string of the molecule is C=CC(c1cc(N)ncn1)S(=O)(=O)c1ccc2c(C(=O)O)cccc2c1. The molecule has 0 radical (unpaired) electrons. The lowest BCUT2D eigenvalue weighted by molar-refractivity contribution is 0.0699. The molecule has 0 amide bonds. The first-order valence-corrected chi connectivity index (χ1v) is 9.09. The highest BCUT2D eigenvalue weighted by Crippen LogP contribution is 2.31. The average Bonchev–Trinajstić information content (AvgIpc) is 2.61. The number of anilines is 1. The van der Waals surface area contributed by atoms with Gasteiger partial charge in [-0.3, -0.25) is 0 Å². The quantitative estimate of drug-likeness (QED) is 0.663. The molecule has 3 N–H and O–H groups in total. The molecule has 0 aliphatic heterocycles. The Morgan fingerprint density at radius 2 is 1.96 bits per heavy atom. The Morgan fingerprint density at radius 1 is 1.19 bits per heavy atom. The highest BCUT2D eigenvalue weighted by molar-refractivity contribution is 7.91. The fourth-order valence-corrected chi connectivity index (χ4v) is 4.26. The van der Waals surface area contributed by atoms with E-state index in [1.165, 1.54) is 42.7 Å². The number of hydrogen-bond donors (Lipinski definition) is 2. The first-order chi connectivity index (χ1) is 12.3. The molecule has 1 aromatic heterocycles. The molecule has 1 heterocycles. The number of carbonyl (C=O) groups is 1. The standard InChI is InChI=1S/C18H15N3O4S/c1-2-16(15-9-17(19)21-10-20-15)26(24,25)12-6-7-13-11(8-12)4-3-5-14(13)18(22)23/h2-10,16H,1H2,(H,22,23)(H2,19,20,21). The van der Waals surface area contributed by atoms with Crippen molar-refractivity contribution in [3.05, 3.63) is 72.7 Å². The van der Waals surface area contributed by atoms with Crippen molar-refractivity contribution in [1.29, 1.82) is 0 Å². The zero-order valence-corrected chi connectivity index (χ0v) is 14.3. The average molecular weight is 369 g/mol. The summed E-state index contributed by atoms with van der Waals surface area (Å²) >= 11 is 0. The number of nitrogens with two attached hydrogens (primary N) is 1. The number of fused-ring (bicyclic) bond motifs is 1. The van der Waals surface area contributed by atoms with Crippen molar-refractivity contribution in [2.45, 2.75) is 10.1 Å². The number of aromatic nitrogens is 2. The number of nitrogens with zero attached hydrogens (tertiary/aromatic N) is 2. The van der Waals surface area contributed by atoms with E-state index in [2.05, 4.69) is 16.5 Å². The molecule has 0 fully saturated rings. The van der Waals surface area contributed by atoms with E-state index in [1.807, 2.05) is 0 Å². The zero-order valence-electron chi connectivity index (χ0n) is 13.5. The van der Waals surface area contributed by atoms with E-state index in [0.29, 0.717) is 10.8 Å². The summed E-state index contributed by atoms with van der Waals surface area (Å²) in [5.41, 5.74) is 5.94. The van der Waals surface area contributed by atoms with E-state index < -0.39 is 21.1 Å². The van der Waals surface area contributed by atoms with Crippen LogP contribution in [0, 0.1) is 0 Å². The largest absolute Gasteiger partial charge is 0.478 e. The van der Waals surface area contributed by atoms with Crippen LogP contribution < -0.4 is 5.73 Å². The lowest BCUT2D eigenvalue weighted by atomic mass is 10.1. The minimum absolute atomic E-state index is 0.0367. The van der Waals surface area contributed by atoms with Crippen LogP contribution in [0.15, 0.2) is 66.3 Å². The summed E-state index contributed by atoms with van der Waals surface area (Å²) < 4.78 is 26.1. The summed E-state index contributed by atoms with van der Waals surface area (Å²) in [6.07, 6.45) is 2.46. The van der Waals surface area contributed by atoms with Gasteiger partial charge >= 0.3 is 5.97 Å². The summed E-state index contributed by atoms with van der Waals surface area (Å²) in [6, 6.07) is 10.4. The van der Waals surface area contributed by atoms with Crippen LogP contribution in [0.1, 0.15) is 21.3 Å². The van der Waals surface area contributed by atoms with E-state index >= 15 is 0 Å². The van der Waals surface area contributed by atoms with Gasteiger partial charge in [0.05, 0.1) is 16.2 Å². The molecule has 3 aromatic rings. The van der Waals surface area contributed by atoms with Gasteiger partial charge < -0.3 is 10.8 Å². The molecule has 132 valence electrons. The molecule has 8 heteroatoms. The molecule has 2 aromatic carbocycles. The first kappa shape index (κ1) is 17.6. The first-order valence-electron chi connectivity index (χ1n) is 7.54. The monoisotopic (exact) mass is 369 g/mol. The predicted octanol–water partition coefficient (Wildman–Crippen LogP) is 2.61. The van der Waals surface area contributed by atoms with Crippen LogP contribution in [0.2, 0.25) is 0 Å². The van der Waals surface area contributed by atoms with Crippen LogP contribution in [-0.2, 0) is 9.84 Å². The third kappa shape index (κ3) is 3.02. The molecule has 3 rings (SSSR count). The number of rotatable bonds is 5. The van der Waals surface area contributed by atoms with E-state index in [1.54, 1.807) is 12.1 Å². The Balaban J connectivity index is 2.14. The van der Waals surface area contributed by atoms with Gasteiger partial charge in [0.25, 0.3) is 0 Å². The molecule has 7 nitrogen and oxygen atoms in total. The smallest absolute Gasteiger partial charge is 0.336 e. The minimum atomic E-state index is -3.86. The maximum atomic E-state index is 13.0. The van der Waals surface area contributed by atoms with Crippen LogP contribution in [0.25, 0.3) is 10.8 Å². The molecule has 0 saturated heterocycles. The van der Waals surface area contributed by atoms with Gasteiger partial charge in [0.15, 0.2) is 9.84 Å². The van der Waals surface area contributed by atoms with Crippen molar-refractivity contribution < 1.29 is 18.3 Å². The van der Waals surface area contributed by atoms with Crippen LogP contribution in [0.4, 0.5) is 5.82 Å². The van der Waals surface area contributed by atoms with Gasteiger partial charge in [0.2, 0.25) is 0 Å². The van der Waals surface area contributed by atoms with Gasteiger partial charge in [-0.2, -0.15) is 0 Å². The van der Waals surface area contributed by atoms with Crippen LogP contribution >= 0.6 is 0 Å². The molecule has 0 bridgehead atoms. The van der Waals surface area contributed by atoms with E-state index in [9.17, 15) is 18.3 Å². The second kappa shape index (κ2) is 6.57. The number of benzene rings is 2. The summed E-state index contributed by atoms with van der Waals surface area (Å²) in [6.45, 7) is 3.60. The Kier molecular flexibility index (Phi) is 4.43. The van der Waals surface area contributed by atoms with Crippen LogP contribution in [0.5, 0.6) is 0 Å². The molecular formula is C18H15N3O4S. The van der Waals surface area contributed by atoms with Crippen molar-refractivity contribution in [2.24, 2.45) is 0 Å². The van der Waals surface area contributed by atoms with Crippen molar-refractivity contribution in [1.82, 2.24) is 9.97 Å². The Hall–Kier alpha value is -3.26. The van der Waals surface area contributed by atoms with Gasteiger partial charge in [0, 0.05) is 6.07 Å². The van der Waals surface area contributed by atoms with Crippen molar-refractivity contribution >= 4 is 32.4 Å². The lowest BCUT2D eigenvalue weighted by Gasteiger charge is -2.14. The minimum Gasteiger partial charge on any atom is -0.478 e. The summed E-state index contributed by atoms with van der Waals surface area (Å²) in [5.74, 6) is -0.923. The lowest BCUT2D eigenvalue weighted by Crippen LogP contribution is -2.14. The summed E-state index contributed by atoms with van der Waals surface area (Å²) in [4.78, 5) is 19.1. The van der Waals surface area contributed by atoms with Crippen molar-refractivity contribution in [3.63, 3.8) is 0 Å². The number of aromatic carboxylic acids is 1. The summed E-state index contributed by atoms with van der Waals surface area (Å²) in [7, 11) is -3.86. The van der Waals surface area contributed by atoms with E-state index in [4.69, 9.17) is 5.73 Å².